The van der Waals surface area contributed by atoms with E-state index >= 15 is 0 Å². The van der Waals surface area contributed by atoms with Gasteiger partial charge in [-0.3, -0.25) is 4.90 Å². The summed E-state index contributed by atoms with van der Waals surface area (Å²) in [7, 11) is 0. The average molecular weight is 231 g/mol. The van der Waals surface area contributed by atoms with Crippen LogP contribution in [0.5, 0.6) is 0 Å². The number of hydrogen-bond donors (Lipinski definition) is 0. The summed E-state index contributed by atoms with van der Waals surface area (Å²) in [5, 5.41) is 0. The first kappa shape index (κ1) is 12.2. The summed E-state index contributed by atoms with van der Waals surface area (Å²) in [6.45, 7) is 10.6. The zero-order valence-electron chi connectivity index (χ0n) is 11.2. The first-order chi connectivity index (χ1) is 8.08. The van der Waals surface area contributed by atoms with Gasteiger partial charge in [0.25, 0.3) is 0 Å². The molecule has 3 nitrogen and oxygen atoms in total. The summed E-state index contributed by atoms with van der Waals surface area (Å²) in [4.78, 5) is 11.2. The summed E-state index contributed by atoms with van der Waals surface area (Å²) in [5.74, 6) is 0.854. The topological polar surface area (TPSA) is 29.0 Å². The van der Waals surface area contributed by atoms with Crippen LogP contribution in [0.15, 0.2) is 17.8 Å². The van der Waals surface area contributed by atoms with Crippen LogP contribution in [0, 0.1) is 13.8 Å². The van der Waals surface area contributed by atoms with Crippen LogP contribution in [-0.4, -0.2) is 28.0 Å². The number of aryl methyl sites for hydroxylation is 2. The van der Waals surface area contributed by atoms with Crippen molar-refractivity contribution in [2.75, 3.05) is 13.1 Å². The van der Waals surface area contributed by atoms with E-state index in [0.29, 0.717) is 6.04 Å². The highest BCUT2D eigenvalue weighted by molar-refractivity contribution is 5.20. The highest BCUT2D eigenvalue weighted by Crippen LogP contribution is 2.24. The van der Waals surface area contributed by atoms with Crippen molar-refractivity contribution in [3.8, 4) is 0 Å². The minimum absolute atomic E-state index is 0.403. The molecule has 0 saturated carbocycles. The Morgan fingerprint density at radius 1 is 1.29 bits per heavy atom. The van der Waals surface area contributed by atoms with E-state index in [9.17, 15) is 0 Å². The van der Waals surface area contributed by atoms with Gasteiger partial charge in [0.1, 0.15) is 5.82 Å². The molecule has 1 unspecified atom stereocenters. The third-order valence-electron chi connectivity index (χ3n) is 3.60. The van der Waals surface area contributed by atoms with Crippen molar-refractivity contribution in [3.63, 3.8) is 0 Å². The second-order valence-electron chi connectivity index (χ2n) is 4.93. The van der Waals surface area contributed by atoms with Crippen molar-refractivity contribution < 1.29 is 0 Å². The molecule has 0 aliphatic carbocycles. The van der Waals surface area contributed by atoms with E-state index in [2.05, 4.69) is 41.7 Å². The van der Waals surface area contributed by atoms with Crippen molar-refractivity contribution in [1.29, 1.82) is 0 Å². The number of hydrogen-bond acceptors (Lipinski definition) is 3. The molecular formula is C14H21N3. The van der Waals surface area contributed by atoms with Gasteiger partial charge in [-0.25, -0.2) is 9.97 Å². The summed E-state index contributed by atoms with van der Waals surface area (Å²) in [6, 6.07) is 0.403. The van der Waals surface area contributed by atoms with Gasteiger partial charge in [-0.15, -0.1) is 0 Å². The van der Waals surface area contributed by atoms with E-state index in [-0.39, 0.29) is 0 Å². The minimum atomic E-state index is 0.403. The van der Waals surface area contributed by atoms with Crippen molar-refractivity contribution in [2.45, 2.75) is 40.2 Å². The lowest BCUT2D eigenvalue weighted by atomic mass is 10.0. The fourth-order valence-electron chi connectivity index (χ4n) is 2.34. The van der Waals surface area contributed by atoms with Crippen molar-refractivity contribution in [3.05, 3.63) is 34.9 Å². The van der Waals surface area contributed by atoms with Crippen LogP contribution in [0.2, 0.25) is 0 Å². The maximum absolute atomic E-state index is 4.45. The lowest BCUT2D eigenvalue weighted by Gasteiger charge is -2.31. The van der Waals surface area contributed by atoms with Gasteiger partial charge in [0.05, 0.1) is 0 Å². The predicted octanol–water partition coefficient (Wildman–Crippen LogP) is 2.81. The van der Waals surface area contributed by atoms with E-state index < -0.39 is 0 Å². The summed E-state index contributed by atoms with van der Waals surface area (Å²) < 4.78 is 0. The second kappa shape index (κ2) is 4.96. The Labute approximate surface area is 104 Å². The highest BCUT2D eigenvalue weighted by Gasteiger charge is 2.19. The lowest BCUT2D eigenvalue weighted by Crippen LogP contribution is -2.31. The van der Waals surface area contributed by atoms with Gasteiger partial charge in [0, 0.05) is 36.6 Å². The maximum atomic E-state index is 4.45. The molecule has 1 atom stereocenters. The Balaban J connectivity index is 2.17. The molecule has 17 heavy (non-hydrogen) atoms. The Morgan fingerprint density at radius 2 is 2.06 bits per heavy atom. The molecule has 0 aromatic carbocycles. The van der Waals surface area contributed by atoms with Gasteiger partial charge >= 0.3 is 0 Å². The summed E-state index contributed by atoms with van der Waals surface area (Å²) in [5.41, 5.74) is 3.87. The van der Waals surface area contributed by atoms with Gasteiger partial charge in [0.2, 0.25) is 0 Å². The van der Waals surface area contributed by atoms with Crippen molar-refractivity contribution in [1.82, 2.24) is 14.9 Å². The molecule has 1 aliphatic rings. The van der Waals surface area contributed by atoms with Gasteiger partial charge in [-0.2, -0.15) is 0 Å². The molecule has 0 fully saturated rings. The van der Waals surface area contributed by atoms with Crippen LogP contribution in [0.25, 0.3) is 0 Å². The molecule has 0 amide bonds. The monoisotopic (exact) mass is 231 g/mol. The first-order valence-corrected chi connectivity index (χ1v) is 6.27. The third kappa shape index (κ3) is 2.72. The molecule has 0 N–H and O–H groups in total. The molecule has 0 radical (unpaired) electrons. The number of rotatable bonds is 2. The SMILES string of the molecule is CC1=CCN(C(C)c2cnc(C)nc2C)CC1. The molecule has 2 heterocycles. The van der Waals surface area contributed by atoms with Gasteiger partial charge in [-0.1, -0.05) is 11.6 Å². The minimum Gasteiger partial charge on any atom is -0.293 e. The molecular weight excluding hydrogens is 210 g/mol. The van der Waals surface area contributed by atoms with E-state index in [1.165, 1.54) is 17.6 Å². The van der Waals surface area contributed by atoms with Crippen LogP contribution in [0.4, 0.5) is 0 Å². The quantitative estimate of drug-likeness (QED) is 0.733. The van der Waals surface area contributed by atoms with Crippen molar-refractivity contribution in [2.24, 2.45) is 0 Å². The highest BCUT2D eigenvalue weighted by atomic mass is 15.2. The molecule has 1 aromatic rings. The molecule has 1 aliphatic heterocycles. The smallest absolute Gasteiger partial charge is 0.125 e. The lowest BCUT2D eigenvalue weighted by molar-refractivity contribution is 0.226. The van der Waals surface area contributed by atoms with Crippen LogP contribution >= 0.6 is 0 Å². The molecule has 0 saturated heterocycles. The normalized spacial score (nSPS) is 18.9. The van der Waals surface area contributed by atoms with Crippen LogP contribution in [0.1, 0.15) is 43.4 Å². The van der Waals surface area contributed by atoms with Crippen molar-refractivity contribution >= 4 is 0 Å². The third-order valence-corrected chi connectivity index (χ3v) is 3.60. The van der Waals surface area contributed by atoms with E-state index in [0.717, 1.165) is 24.6 Å². The Bertz CT molecular complexity index is 437. The van der Waals surface area contributed by atoms with Crippen LogP contribution in [0.3, 0.4) is 0 Å². The fourth-order valence-corrected chi connectivity index (χ4v) is 2.34. The zero-order valence-corrected chi connectivity index (χ0v) is 11.2. The van der Waals surface area contributed by atoms with E-state index in [1.54, 1.807) is 0 Å². The first-order valence-electron chi connectivity index (χ1n) is 6.27. The number of nitrogens with zero attached hydrogens (tertiary/aromatic N) is 3. The Morgan fingerprint density at radius 3 is 2.65 bits per heavy atom. The van der Waals surface area contributed by atoms with E-state index in [1.807, 2.05) is 13.1 Å². The molecule has 2 rings (SSSR count). The van der Waals surface area contributed by atoms with Crippen LogP contribution < -0.4 is 0 Å². The summed E-state index contributed by atoms with van der Waals surface area (Å²) in [6.07, 6.45) is 5.48. The molecule has 0 spiro atoms. The average Bonchev–Trinajstić information content (AvgIpc) is 2.29. The molecule has 92 valence electrons. The number of aromatic nitrogens is 2. The van der Waals surface area contributed by atoms with Gasteiger partial charge < -0.3 is 0 Å². The standard InChI is InChI=1S/C14H21N3/c1-10-5-7-17(8-6-10)12(3)14-9-15-13(4)16-11(14)2/h5,9,12H,6-8H2,1-4H3. The van der Waals surface area contributed by atoms with Gasteiger partial charge in [-0.05, 0) is 34.1 Å². The van der Waals surface area contributed by atoms with Crippen LogP contribution in [-0.2, 0) is 0 Å². The predicted molar refractivity (Wildman–Crippen MR) is 69.9 cm³/mol. The largest absolute Gasteiger partial charge is 0.293 e. The molecule has 0 bridgehead atoms. The zero-order chi connectivity index (χ0) is 12.4. The Hall–Kier alpha value is -1.22. The Kier molecular flexibility index (Phi) is 3.57. The molecule has 1 aromatic heterocycles. The van der Waals surface area contributed by atoms with Gasteiger partial charge in [0.15, 0.2) is 0 Å². The van der Waals surface area contributed by atoms with E-state index in [4.69, 9.17) is 0 Å². The summed E-state index contributed by atoms with van der Waals surface area (Å²) >= 11 is 0. The molecule has 3 heteroatoms. The second-order valence-corrected chi connectivity index (χ2v) is 4.93. The maximum Gasteiger partial charge on any atom is 0.125 e. The fraction of sp³-hybridized carbons (Fsp3) is 0.571.